The smallest absolute Gasteiger partial charge is 0.240 e. The number of nitrogens with zero attached hydrogens (tertiary/aromatic N) is 3. The Morgan fingerprint density at radius 2 is 1.87 bits per heavy atom. The molecule has 0 fully saturated rings. The first-order valence-corrected chi connectivity index (χ1v) is 11.7. The first-order chi connectivity index (χ1) is 14.9. The molecule has 10 heteroatoms. The largest absolute Gasteiger partial charge is 0.380 e. The number of hydrogen-bond donors (Lipinski definition) is 3. The van der Waals surface area contributed by atoms with Crippen molar-refractivity contribution in [2.45, 2.75) is 38.5 Å². The second-order valence-electron chi connectivity index (χ2n) is 6.90. The number of aryl methyl sites for hydroxylation is 2. The van der Waals surface area contributed by atoms with E-state index < -0.39 is 10.0 Å². The fourth-order valence-corrected chi connectivity index (χ4v) is 4.02. The Hall–Kier alpha value is -2.82. The maximum Gasteiger partial charge on any atom is 0.240 e. The van der Waals surface area contributed by atoms with Crippen LogP contribution in [0.3, 0.4) is 0 Å². The van der Waals surface area contributed by atoms with Crippen molar-refractivity contribution in [3.8, 4) is 11.4 Å². The van der Waals surface area contributed by atoms with Gasteiger partial charge in [-0.2, -0.15) is 0 Å². The van der Waals surface area contributed by atoms with E-state index in [1.807, 2.05) is 19.9 Å². The Kier molecular flexibility index (Phi) is 7.72. The maximum atomic E-state index is 12.3. The maximum absolute atomic E-state index is 12.3. The van der Waals surface area contributed by atoms with E-state index in [-0.39, 0.29) is 11.4 Å². The van der Waals surface area contributed by atoms with Gasteiger partial charge in [0.15, 0.2) is 0 Å². The zero-order valence-electron chi connectivity index (χ0n) is 18.0. The molecule has 0 spiro atoms. The molecule has 31 heavy (non-hydrogen) atoms. The molecule has 0 saturated carbocycles. The number of anilines is 2. The van der Waals surface area contributed by atoms with Gasteiger partial charge in [-0.3, -0.25) is 0 Å². The van der Waals surface area contributed by atoms with Gasteiger partial charge >= 0.3 is 0 Å². The van der Waals surface area contributed by atoms with Crippen LogP contribution in [0.5, 0.6) is 0 Å². The molecule has 2 heterocycles. The van der Waals surface area contributed by atoms with Crippen LogP contribution in [0.4, 0.5) is 11.6 Å². The third-order valence-electron chi connectivity index (χ3n) is 4.50. The molecule has 0 aliphatic rings. The van der Waals surface area contributed by atoms with E-state index >= 15 is 0 Å². The van der Waals surface area contributed by atoms with Gasteiger partial charge in [-0.25, -0.2) is 28.1 Å². The predicted molar refractivity (Wildman–Crippen MR) is 120 cm³/mol. The number of ether oxygens (including phenoxy) is 1. The lowest BCUT2D eigenvalue weighted by Gasteiger charge is -2.09. The highest BCUT2D eigenvalue weighted by Crippen LogP contribution is 2.22. The summed E-state index contributed by atoms with van der Waals surface area (Å²) in [6.07, 6.45) is 3.56. The van der Waals surface area contributed by atoms with Crippen LogP contribution in [-0.4, -0.2) is 48.1 Å². The molecule has 0 atom stereocenters. The quantitative estimate of drug-likeness (QED) is 0.388. The topological polar surface area (TPSA) is 122 Å². The zero-order chi connectivity index (χ0) is 22.3. The van der Waals surface area contributed by atoms with E-state index in [2.05, 4.69) is 36.9 Å². The summed E-state index contributed by atoms with van der Waals surface area (Å²) in [5, 5.41) is 3.11. The number of nitrogens with one attached hydrogen (secondary N) is 3. The number of imidazole rings is 1. The Morgan fingerprint density at radius 1 is 1.10 bits per heavy atom. The van der Waals surface area contributed by atoms with Crippen molar-refractivity contribution in [2.75, 3.05) is 25.1 Å². The molecule has 9 nitrogen and oxygen atoms in total. The van der Waals surface area contributed by atoms with Gasteiger partial charge in [0, 0.05) is 31.5 Å². The highest BCUT2D eigenvalue weighted by molar-refractivity contribution is 7.89. The van der Waals surface area contributed by atoms with Crippen LogP contribution in [0, 0.1) is 6.92 Å². The van der Waals surface area contributed by atoms with Crippen LogP contribution in [0.15, 0.2) is 41.4 Å². The molecule has 0 aliphatic heterocycles. The second-order valence-corrected chi connectivity index (χ2v) is 8.67. The SMILES string of the molecule is CCCc1nc(C)c(-c2ccnc(Nc3ccc(S(=O)(=O)NCCOCC)cc3)n2)[nH]1. The summed E-state index contributed by atoms with van der Waals surface area (Å²) in [6.45, 7) is 7.02. The predicted octanol–water partition coefficient (Wildman–Crippen LogP) is 3.19. The molecule has 0 aliphatic carbocycles. The average Bonchev–Trinajstić information content (AvgIpc) is 3.12. The van der Waals surface area contributed by atoms with Gasteiger partial charge in [0.1, 0.15) is 5.82 Å². The van der Waals surface area contributed by atoms with Gasteiger partial charge in [-0.15, -0.1) is 0 Å². The van der Waals surface area contributed by atoms with E-state index in [1.165, 1.54) is 12.1 Å². The lowest BCUT2D eigenvalue weighted by molar-refractivity contribution is 0.153. The summed E-state index contributed by atoms with van der Waals surface area (Å²) in [7, 11) is -3.58. The average molecular weight is 445 g/mol. The molecule has 0 amide bonds. The van der Waals surface area contributed by atoms with Crippen molar-refractivity contribution in [3.05, 3.63) is 48.0 Å². The van der Waals surface area contributed by atoms with Crippen LogP contribution in [0.2, 0.25) is 0 Å². The van der Waals surface area contributed by atoms with Gasteiger partial charge in [-0.05, 0) is 50.6 Å². The monoisotopic (exact) mass is 444 g/mol. The molecule has 166 valence electrons. The minimum Gasteiger partial charge on any atom is -0.380 e. The third-order valence-corrected chi connectivity index (χ3v) is 5.97. The summed E-state index contributed by atoms with van der Waals surface area (Å²) >= 11 is 0. The molecular formula is C21H28N6O3S. The Balaban J connectivity index is 1.70. The van der Waals surface area contributed by atoms with Crippen LogP contribution >= 0.6 is 0 Å². The van der Waals surface area contributed by atoms with Gasteiger partial charge in [0.25, 0.3) is 0 Å². The Morgan fingerprint density at radius 3 is 2.58 bits per heavy atom. The van der Waals surface area contributed by atoms with Crippen LogP contribution < -0.4 is 10.0 Å². The summed E-state index contributed by atoms with van der Waals surface area (Å²) < 4.78 is 32.3. The number of rotatable bonds is 11. The second kappa shape index (κ2) is 10.5. The number of hydrogen-bond acceptors (Lipinski definition) is 7. The molecular weight excluding hydrogens is 416 g/mol. The molecule has 3 aromatic rings. The summed E-state index contributed by atoms with van der Waals surface area (Å²) in [6, 6.07) is 8.24. The van der Waals surface area contributed by atoms with Crippen LogP contribution in [0.25, 0.3) is 11.4 Å². The first-order valence-electron chi connectivity index (χ1n) is 10.3. The molecule has 3 N–H and O–H groups in total. The molecule has 3 rings (SSSR count). The van der Waals surface area contributed by atoms with E-state index in [0.29, 0.717) is 24.8 Å². The number of aromatic nitrogens is 4. The summed E-state index contributed by atoms with van der Waals surface area (Å²) in [4.78, 5) is 16.9. The van der Waals surface area contributed by atoms with Crippen molar-refractivity contribution in [3.63, 3.8) is 0 Å². The fourth-order valence-electron chi connectivity index (χ4n) is 3.01. The van der Waals surface area contributed by atoms with Crippen molar-refractivity contribution in [1.82, 2.24) is 24.7 Å². The van der Waals surface area contributed by atoms with Crippen LogP contribution in [0.1, 0.15) is 31.8 Å². The number of sulfonamides is 1. The lowest BCUT2D eigenvalue weighted by atomic mass is 10.2. The standard InChI is InChI=1S/C21H28N6O3S/c1-4-6-19-24-15(3)20(27-19)18-11-12-22-21(26-18)25-16-7-9-17(10-8-16)31(28,29)23-13-14-30-5-2/h7-12,23H,4-6,13-14H2,1-3H3,(H,24,27)(H,22,25,26). The van der Waals surface area contributed by atoms with Gasteiger partial charge in [0.05, 0.1) is 28.6 Å². The van der Waals surface area contributed by atoms with E-state index in [9.17, 15) is 8.42 Å². The highest BCUT2D eigenvalue weighted by atomic mass is 32.2. The molecule has 2 aromatic heterocycles. The van der Waals surface area contributed by atoms with E-state index in [4.69, 9.17) is 4.74 Å². The van der Waals surface area contributed by atoms with E-state index in [0.717, 1.165) is 35.7 Å². The minimum absolute atomic E-state index is 0.181. The van der Waals surface area contributed by atoms with Crippen molar-refractivity contribution >= 4 is 21.7 Å². The molecule has 0 unspecified atom stereocenters. The Labute approximate surface area is 182 Å². The Bertz CT molecular complexity index is 1100. The van der Waals surface area contributed by atoms with Crippen molar-refractivity contribution in [1.29, 1.82) is 0 Å². The fraction of sp³-hybridized carbons (Fsp3) is 0.381. The summed E-state index contributed by atoms with van der Waals surface area (Å²) in [5.41, 5.74) is 3.17. The third kappa shape index (κ3) is 6.09. The number of H-pyrrole nitrogens is 1. The van der Waals surface area contributed by atoms with Gasteiger partial charge in [0.2, 0.25) is 16.0 Å². The zero-order valence-corrected chi connectivity index (χ0v) is 18.8. The molecule has 0 bridgehead atoms. The highest BCUT2D eigenvalue weighted by Gasteiger charge is 2.14. The minimum atomic E-state index is -3.58. The molecule has 0 saturated heterocycles. The molecule has 1 aromatic carbocycles. The normalized spacial score (nSPS) is 11.6. The van der Waals surface area contributed by atoms with E-state index in [1.54, 1.807) is 18.3 Å². The first kappa shape index (κ1) is 22.9. The lowest BCUT2D eigenvalue weighted by Crippen LogP contribution is -2.27. The van der Waals surface area contributed by atoms with Gasteiger partial charge in [-0.1, -0.05) is 6.92 Å². The number of benzene rings is 1. The van der Waals surface area contributed by atoms with Crippen molar-refractivity contribution in [2.24, 2.45) is 0 Å². The van der Waals surface area contributed by atoms with Crippen LogP contribution in [-0.2, 0) is 21.2 Å². The van der Waals surface area contributed by atoms with Gasteiger partial charge < -0.3 is 15.0 Å². The van der Waals surface area contributed by atoms with Crippen molar-refractivity contribution < 1.29 is 13.2 Å². The molecule has 0 radical (unpaired) electrons. The number of aromatic amines is 1. The summed E-state index contributed by atoms with van der Waals surface area (Å²) in [5.74, 6) is 1.35.